The van der Waals surface area contributed by atoms with Gasteiger partial charge in [0.1, 0.15) is 0 Å². The van der Waals surface area contributed by atoms with Crippen molar-refractivity contribution in [1.82, 2.24) is 20.6 Å². The fourth-order valence-corrected chi connectivity index (χ4v) is 1.57. The Bertz CT molecular complexity index is 494. The minimum atomic E-state index is -0.330. The second kappa shape index (κ2) is 5.20. The molecule has 2 aromatic rings. The Hall–Kier alpha value is -2.24. The molecule has 1 radical (unpaired) electrons. The maximum Gasteiger partial charge on any atom is 0.217 e. The van der Waals surface area contributed by atoms with Gasteiger partial charge < -0.3 is 5.73 Å². The highest BCUT2D eigenvalue weighted by atomic mass is 16.1. The predicted molar refractivity (Wildman–Crippen MR) is 61.4 cm³/mol. The van der Waals surface area contributed by atoms with E-state index in [1.807, 2.05) is 30.7 Å². The topological polar surface area (TPSA) is 97.6 Å². The number of primary amides is 1. The van der Waals surface area contributed by atoms with Crippen LogP contribution in [0.5, 0.6) is 0 Å². The van der Waals surface area contributed by atoms with E-state index in [-0.39, 0.29) is 12.3 Å². The first kappa shape index (κ1) is 11.3. The van der Waals surface area contributed by atoms with E-state index in [1.54, 1.807) is 0 Å². The first-order valence-corrected chi connectivity index (χ1v) is 5.19. The number of aromatic amines is 1. The van der Waals surface area contributed by atoms with Crippen LogP contribution in [0.15, 0.2) is 24.3 Å². The lowest BCUT2D eigenvalue weighted by atomic mass is 10.0. The molecule has 1 aromatic heterocycles. The number of nitrogens with zero attached hydrogens (tertiary/aromatic N) is 3. The van der Waals surface area contributed by atoms with Gasteiger partial charge in [0.05, 0.1) is 0 Å². The molecule has 0 saturated heterocycles. The van der Waals surface area contributed by atoms with E-state index in [0.717, 1.165) is 11.1 Å². The van der Waals surface area contributed by atoms with Crippen LogP contribution >= 0.6 is 0 Å². The van der Waals surface area contributed by atoms with Gasteiger partial charge in [0.15, 0.2) is 5.82 Å². The van der Waals surface area contributed by atoms with Gasteiger partial charge in [-0.15, -0.1) is 5.10 Å². The number of hydrogen-bond acceptors (Lipinski definition) is 4. The van der Waals surface area contributed by atoms with Crippen molar-refractivity contribution >= 4 is 5.91 Å². The molecule has 2 rings (SSSR count). The second-order valence-corrected chi connectivity index (χ2v) is 3.57. The molecule has 17 heavy (non-hydrogen) atoms. The Labute approximate surface area is 98.2 Å². The number of nitrogens with one attached hydrogen (secondary N) is 1. The summed E-state index contributed by atoms with van der Waals surface area (Å²) in [4.78, 5) is 10.7. The van der Waals surface area contributed by atoms with Crippen molar-refractivity contribution < 1.29 is 4.79 Å². The molecule has 3 N–H and O–H groups in total. The third kappa shape index (κ3) is 2.87. The lowest BCUT2D eigenvalue weighted by Crippen LogP contribution is -2.10. The second-order valence-electron chi connectivity index (χ2n) is 3.57. The summed E-state index contributed by atoms with van der Waals surface area (Å²) in [7, 11) is 0. The summed E-state index contributed by atoms with van der Waals surface area (Å²) in [6.45, 7) is 0. The van der Waals surface area contributed by atoms with Crippen LogP contribution in [0.3, 0.4) is 0 Å². The molecule has 6 nitrogen and oxygen atoms in total. The number of amides is 1. The zero-order chi connectivity index (χ0) is 12.1. The number of hydrogen-bond donors (Lipinski definition) is 2. The highest BCUT2D eigenvalue weighted by Gasteiger charge is 2.07. The summed E-state index contributed by atoms with van der Waals surface area (Å²) in [5.74, 6) is 0.289. The Kier molecular flexibility index (Phi) is 3.44. The van der Waals surface area contributed by atoms with Crippen molar-refractivity contribution in [3.8, 4) is 11.4 Å². The van der Waals surface area contributed by atoms with Crippen LogP contribution in [0.4, 0.5) is 0 Å². The van der Waals surface area contributed by atoms with Crippen LogP contribution in [-0.4, -0.2) is 26.5 Å². The molecule has 0 aliphatic heterocycles. The number of carbonyl (C=O) groups excluding carboxylic acids is 1. The lowest BCUT2D eigenvalue weighted by Gasteiger charge is -2.05. The van der Waals surface area contributed by atoms with Gasteiger partial charge in [-0.2, -0.15) is 0 Å². The van der Waals surface area contributed by atoms with Crippen LogP contribution < -0.4 is 5.73 Å². The van der Waals surface area contributed by atoms with E-state index in [1.165, 1.54) is 0 Å². The summed E-state index contributed by atoms with van der Waals surface area (Å²) in [6, 6.07) is 7.74. The zero-order valence-corrected chi connectivity index (χ0v) is 9.13. The van der Waals surface area contributed by atoms with Crippen molar-refractivity contribution in [2.24, 2.45) is 5.73 Å². The fourth-order valence-electron chi connectivity index (χ4n) is 1.57. The van der Waals surface area contributed by atoms with Crippen molar-refractivity contribution in [2.45, 2.75) is 12.8 Å². The molecule has 1 heterocycles. The molecule has 0 bridgehead atoms. The van der Waals surface area contributed by atoms with Gasteiger partial charge in [-0.3, -0.25) is 4.79 Å². The number of nitrogens with two attached hydrogens (primary N) is 1. The third-order valence-corrected chi connectivity index (χ3v) is 2.33. The zero-order valence-electron chi connectivity index (χ0n) is 9.13. The monoisotopic (exact) mass is 230 g/mol. The number of tetrazole rings is 1. The molecule has 1 aromatic carbocycles. The number of H-pyrrole nitrogens is 1. The molecule has 0 fully saturated rings. The van der Waals surface area contributed by atoms with Gasteiger partial charge in [0, 0.05) is 12.0 Å². The predicted octanol–water partition coefficient (Wildman–Crippen LogP) is 0.489. The van der Waals surface area contributed by atoms with Crippen LogP contribution in [0.1, 0.15) is 12.0 Å². The van der Waals surface area contributed by atoms with Crippen molar-refractivity contribution in [3.63, 3.8) is 0 Å². The van der Waals surface area contributed by atoms with Crippen LogP contribution in [-0.2, 0) is 11.2 Å². The molecule has 0 atom stereocenters. The molecule has 1 amide bonds. The van der Waals surface area contributed by atoms with Crippen LogP contribution in [0, 0.1) is 6.42 Å². The summed E-state index contributed by atoms with van der Waals surface area (Å²) in [5, 5.41) is 13.7. The first-order valence-electron chi connectivity index (χ1n) is 5.19. The number of aromatic nitrogens is 4. The molecule has 0 spiro atoms. The molecule has 87 valence electrons. The summed E-state index contributed by atoms with van der Waals surface area (Å²) in [5.41, 5.74) is 7.06. The standard InChI is InChI=1S/C11H12N5O/c12-10(17)7-3-5-8-4-1-2-6-9(8)11-13-15-16-14-11/h1-4,6H,5,7H2,(H2,12,17)(H,13,14,15,16). The Morgan fingerprint density at radius 2 is 2.24 bits per heavy atom. The van der Waals surface area contributed by atoms with E-state index >= 15 is 0 Å². The number of carbonyl (C=O) groups is 1. The van der Waals surface area contributed by atoms with Crippen LogP contribution in [0.2, 0.25) is 0 Å². The van der Waals surface area contributed by atoms with Crippen molar-refractivity contribution in [2.75, 3.05) is 0 Å². The highest BCUT2D eigenvalue weighted by Crippen LogP contribution is 2.20. The average molecular weight is 230 g/mol. The summed E-state index contributed by atoms with van der Waals surface area (Å²) < 4.78 is 0. The van der Waals surface area contributed by atoms with Crippen molar-refractivity contribution in [3.05, 3.63) is 36.2 Å². The van der Waals surface area contributed by atoms with Gasteiger partial charge in [-0.05, 0) is 28.8 Å². The van der Waals surface area contributed by atoms with E-state index in [2.05, 4.69) is 20.6 Å². The van der Waals surface area contributed by atoms with Gasteiger partial charge in [-0.1, -0.05) is 24.3 Å². The quantitative estimate of drug-likeness (QED) is 0.780. The van der Waals surface area contributed by atoms with Gasteiger partial charge >= 0.3 is 0 Å². The maximum atomic E-state index is 10.7. The molecule has 0 aliphatic rings. The molecule has 0 saturated carbocycles. The summed E-state index contributed by atoms with van der Waals surface area (Å²) in [6.07, 6.45) is 2.76. The Morgan fingerprint density at radius 1 is 1.41 bits per heavy atom. The Morgan fingerprint density at radius 3 is 2.94 bits per heavy atom. The van der Waals surface area contributed by atoms with Gasteiger partial charge in [-0.25, -0.2) is 5.10 Å². The largest absolute Gasteiger partial charge is 0.370 e. The molecule has 6 heteroatoms. The van der Waals surface area contributed by atoms with Crippen LogP contribution in [0.25, 0.3) is 11.4 Å². The average Bonchev–Trinajstić information content (AvgIpc) is 2.82. The van der Waals surface area contributed by atoms with E-state index in [9.17, 15) is 4.79 Å². The third-order valence-electron chi connectivity index (χ3n) is 2.33. The number of rotatable bonds is 5. The van der Waals surface area contributed by atoms with Crippen molar-refractivity contribution in [1.29, 1.82) is 0 Å². The smallest absolute Gasteiger partial charge is 0.217 e. The minimum Gasteiger partial charge on any atom is -0.370 e. The summed E-state index contributed by atoms with van der Waals surface area (Å²) >= 11 is 0. The van der Waals surface area contributed by atoms with Gasteiger partial charge in [0.2, 0.25) is 5.91 Å². The van der Waals surface area contributed by atoms with E-state index in [0.29, 0.717) is 12.2 Å². The molecular formula is C11H12N5O. The van der Waals surface area contributed by atoms with E-state index in [4.69, 9.17) is 5.73 Å². The Balaban J connectivity index is 2.14. The number of benzene rings is 1. The SMILES string of the molecule is NC(=O)C[CH]Cc1ccccc1-c1nnn[nH]1. The normalized spacial score (nSPS) is 10.4. The highest BCUT2D eigenvalue weighted by molar-refractivity contribution is 5.75. The minimum absolute atomic E-state index is 0.267. The fraction of sp³-hybridized carbons (Fsp3) is 0.182. The lowest BCUT2D eigenvalue weighted by molar-refractivity contribution is -0.117. The molecular weight excluding hydrogens is 218 g/mol. The van der Waals surface area contributed by atoms with E-state index < -0.39 is 0 Å². The first-order chi connectivity index (χ1) is 8.27. The molecule has 0 unspecified atom stereocenters. The molecule has 0 aliphatic carbocycles. The van der Waals surface area contributed by atoms with Gasteiger partial charge in [0.25, 0.3) is 0 Å². The maximum absolute atomic E-state index is 10.7.